The van der Waals surface area contributed by atoms with Gasteiger partial charge in [0.15, 0.2) is 40.8 Å². The van der Waals surface area contributed by atoms with Gasteiger partial charge in [0.1, 0.15) is 0 Å². The van der Waals surface area contributed by atoms with Crippen LogP contribution in [0.15, 0.2) is 36.4 Å². The molecular formula is C27H24N2O9. The van der Waals surface area contributed by atoms with E-state index in [2.05, 4.69) is 10.6 Å². The van der Waals surface area contributed by atoms with Crippen LogP contribution in [0.2, 0.25) is 0 Å². The first-order chi connectivity index (χ1) is 18.2. The van der Waals surface area contributed by atoms with Crippen LogP contribution in [0.5, 0.6) is 0 Å². The summed E-state index contributed by atoms with van der Waals surface area (Å²) in [7, 11) is 2.89. The number of carbonyl (C=O) groups is 7. The fourth-order valence-corrected chi connectivity index (χ4v) is 4.47. The Kier molecular flexibility index (Phi) is 7.70. The summed E-state index contributed by atoms with van der Waals surface area (Å²) in [6.07, 6.45) is 0. The number of fused-ring (bicyclic) bond motifs is 2. The van der Waals surface area contributed by atoms with Crippen molar-refractivity contribution in [1.82, 2.24) is 10.6 Å². The highest BCUT2D eigenvalue weighted by molar-refractivity contribution is 6.36. The van der Waals surface area contributed by atoms with Crippen LogP contribution in [0.4, 0.5) is 0 Å². The first kappa shape index (κ1) is 26.7. The van der Waals surface area contributed by atoms with E-state index in [4.69, 9.17) is 9.47 Å². The first-order valence-electron chi connectivity index (χ1n) is 11.7. The fraction of sp³-hybridized carbons (Fsp3) is 0.296. The molecule has 0 fully saturated rings. The second-order valence-corrected chi connectivity index (χ2v) is 8.74. The molecule has 196 valence electrons. The molecule has 0 saturated carbocycles. The number of Topliss-reactive ketones (excluding diaryl/α,β-unsaturated/α-hetero) is 4. The summed E-state index contributed by atoms with van der Waals surface area (Å²) in [4.78, 5) is 89.1. The van der Waals surface area contributed by atoms with Crippen molar-refractivity contribution in [3.8, 4) is 0 Å². The lowest BCUT2D eigenvalue weighted by Crippen LogP contribution is -2.38. The van der Waals surface area contributed by atoms with Gasteiger partial charge in [-0.1, -0.05) is 12.1 Å². The maximum Gasteiger partial charge on any atom is 0.239 e. The molecule has 2 atom stereocenters. The van der Waals surface area contributed by atoms with Crippen LogP contribution in [0.1, 0.15) is 57.4 Å². The van der Waals surface area contributed by atoms with Gasteiger partial charge in [0.2, 0.25) is 11.8 Å². The van der Waals surface area contributed by atoms with Gasteiger partial charge in [-0.2, -0.15) is 0 Å². The lowest BCUT2D eigenvalue weighted by molar-refractivity contribution is -0.123. The maximum atomic E-state index is 13.2. The number of carbonyl (C=O) groups excluding carboxylic acids is 7. The van der Waals surface area contributed by atoms with Crippen molar-refractivity contribution in [2.24, 2.45) is 11.8 Å². The minimum atomic E-state index is -1.54. The predicted molar refractivity (Wildman–Crippen MR) is 130 cm³/mol. The van der Waals surface area contributed by atoms with Crippen molar-refractivity contribution in [2.45, 2.75) is 0 Å². The highest BCUT2D eigenvalue weighted by Crippen LogP contribution is 2.31. The average molecular weight is 520 g/mol. The Morgan fingerprint density at radius 1 is 0.632 bits per heavy atom. The van der Waals surface area contributed by atoms with E-state index in [0.717, 1.165) is 0 Å². The highest BCUT2D eigenvalue weighted by Gasteiger charge is 2.45. The maximum absolute atomic E-state index is 13.2. The van der Waals surface area contributed by atoms with E-state index in [1.54, 1.807) is 0 Å². The van der Waals surface area contributed by atoms with Gasteiger partial charge in [-0.15, -0.1) is 0 Å². The fourth-order valence-electron chi connectivity index (χ4n) is 4.47. The molecule has 0 bridgehead atoms. The van der Waals surface area contributed by atoms with Gasteiger partial charge in [-0.05, 0) is 24.3 Å². The Hall–Kier alpha value is -4.35. The van der Waals surface area contributed by atoms with E-state index in [9.17, 15) is 33.6 Å². The molecule has 11 heteroatoms. The Labute approximate surface area is 216 Å². The Morgan fingerprint density at radius 3 is 1.37 bits per heavy atom. The van der Waals surface area contributed by atoms with Gasteiger partial charge in [0.05, 0.1) is 13.2 Å². The number of hydrogen-bond donors (Lipinski definition) is 2. The quantitative estimate of drug-likeness (QED) is 0.257. The molecule has 0 saturated heterocycles. The third kappa shape index (κ3) is 4.69. The van der Waals surface area contributed by atoms with E-state index >= 15 is 0 Å². The number of rotatable bonds is 10. The minimum Gasteiger partial charge on any atom is -0.383 e. The zero-order chi connectivity index (χ0) is 27.6. The number of ketones is 5. The molecular weight excluding hydrogens is 496 g/mol. The molecule has 2 aliphatic rings. The number of methoxy groups -OCH3 is 2. The molecule has 0 aliphatic heterocycles. The zero-order valence-electron chi connectivity index (χ0n) is 20.6. The molecule has 2 aromatic carbocycles. The molecule has 2 amide bonds. The van der Waals surface area contributed by atoms with Crippen LogP contribution in [-0.2, 0) is 19.1 Å². The number of amides is 2. The van der Waals surface area contributed by atoms with Crippen molar-refractivity contribution < 1.29 is 43.0 Å². The summed E-state index contributed by atoms with van der Waals surface area (Å²) in [6.45, 7) is 0.671. The molecule has 0 aromatic heterocycles. The van der Waals surface area contributed by atoms with Crippen LogP contribution in [0.3, 0.4) is 0 Å². The molecule has 0 heterocycles. The summed E-state index contributed by atoms with van der Waals surface area (Å²) < 4.78 is 9.69. The third-order valence-corrected chi connectivity index (χ3v) is 6.41. The summed E-state index contributed by atoms with van der Waals surface area (Å²) in [6, 6.07) is 7.81. The number of nitrogens with one attached hydrogen (secondary N) is 2. The van der Waals surface area contributed by atoms with E-state index in [-0.39, 0.29) is 59.7 Å². The molecule has 2 aliphatic carbocycles. The van der Waals surface area contributed by atoms with Crippen LogP contribution in [-0.4, -0.2) is 81.3 Å². The van der Waals surface area contributed by atoms with Gasteiger partial charge in [-0.3, -0.25) is 33.6 Å². The van der Waals surface area contributed by atoms with E-state index < -0.39 is 52.6 Å². The minimum absolute atomic E-state index is 0.0375. The zero-order valence-corrected chi connectivity index (χ0v) is 20.6. The van der Waals surface area contributed by atoms with Gasteiger partial charge in [-0.25, -0.2) is 0 Å². The number of hydrogen-bond acceptors (Lipinski definition) is 9. The lowest BCUT2D eigenvalue weighted by atomic mass is 9.96. The van der Waals surface area contributed by atoms with E-state index in [0.29, 0.717) is 0 Å². The monoisotopic (exact) mass is 520 g/mol. The van der Waals surface area contributed by atoms with Gasteiger partial charge < -0.3 is 20.1 Å². The Balaban J connectivity index is 1.56. The van der Waals surface area contributed by atoms with Crippen molar-refractivity contribution >= 4 is 40.7 Å². The topological polar surface area (TPSA) is 162 Å². The second-order valence-electron chi connectivity index (χ2n) is 8.74. The summed E-state index contributed by atoms with van der Waals surface area (Å²) in [5.74, 6) is -7.89. The predicted octanol–water partition coefficient (Wildman–Crippen LogP) is 0.433. The molecule has 0 spiro atoms. The van der Waals surface area contributed by atoms with Crippen molar-refractivity contribution in [3.63, 3.8) is 0 Å². The van der Waals surface area contributed by atoms with Crippen LogP contribution in [0.25, 0.3) is 0 Å². The molecule has 11 nitrogen and oxygen atoms in total. The van der Waals surface area contributed by atoms with Crippen molar-refractivity contribution in [3.05, 3.63) is 69.8 Å². The third-order valence-electron chi connectivity index (χ3n) is 6.41. The van der Waals surface area contributed by atoms with Crippen LogP contribution in [0, 0.1) is 11.8 Å². The number of benzene rings is 2. The average Bonchev–Trinajstić information content (AvgIpc) is 3.31. The van der Waals surface area contributed by atoms with Crippen LogP contribution >= 0.6 is 0 Å². The standard InChI is InChI=1S/C27H24N2O9/c1-37-9-7-28-26(35)19-22(31)15-5-3-13(11-17(15)24(19)33)21(30)14-4-6-16-18(12-14)25(34)20(23(16)32)27(36)29-8-10-38-2/h3-6,11-12,19-20H,7-10H2,1-2H3,(H,28,35)(H,29,36). The number of ether oxygens (including phenoxy) is 2. The normalized spacial score (nSPS) is 17.8. The van der Waals surface area contributed by atoms with E-state index in [1.165, 1.54) is 50.6 Å². The smallest absolute Gasteiger partial charge is 0.239 e. The molecule has 4 rings (SSSR count). The summed E-state index contributed by atoms with van der Waals surface area (Å²) >= 11 is 0. The highest BCUT2D eigenvalue weighted by atomic mass is 16.5. The van der Waals surface area contributed by atoms with Crippen molar-refractivity contribution in [2.75, 3.05) is 40.5 Å². The Morgan fingerprint density at radius 2 is 1.00 bits per heavy atom. The molecule has 0 radical (unpaired) electrons. The van der Waals surface area contributed by atoms with Gasteiger partial charge >= 0.3 is 0 Å². The Bertz CT molecular complexity index is 1290. The van der Waals surface area contributed by atoms with Gasteiger partial charge in [0, 0.05) is 60.7 Å². The molecule has 2 N–H and O–H groups in total. The van der Waals surface area contributed by atoms with E-state index in [1.807, 2.05) is 0 Å². The molecule has 2 aromatic rings. The second kappa shape index (κ2) is 11.0. The molecule has 38 heavy (non-hydrogen) atoms. The largest absolute Gasteiger partial charge is 0.383 e. The molecule has 2 unspecified atom stereocenters. The summed E-state index contributed by atoms with van der Waals surface area (Å²) in [5, 5.41) is 4.95. The SMILES string of the molecule is COCCNC(=O)C1C(=O)c2ccc(C(=O)c3ccc4c(c3)C(=O)C(C(=O)NCCOC)C4=O)cc2C1=O. The lowest BCUT2D eigenvalue weighted by Gasteiger charge is -2.08. The first-order valence-corrected chi connectivity index (χ1v) is 11.7. The van der Waals surface area contributed by atoms with Crippen LogP contribution < -0.4 is 10.6 Å². The van der Waals surface area contributed by atoms with Crippen molar-refractivity contribution in [1.29, 1.82) is 0 Å². The summed E-state index contributed by atoms with van der Waals surface area (Å²) in [5.41, 5.74) is 0.0822. The van der Waals surface area contributed by atoms with Gasteiger partial charge in [0.25, 0.3) is 0 Å².